The molecule has 2 aromatic carbocycles. The van der Waals surface area contributed by atoms with Gasteiger partial charge in [-0.15, -0.1) is 0 Å². The van der Waals surface area contributed by atoms with Crippen molar-refractivity contribution in [3.63, 3.8) is 0 Å². The number of ether oxygens (including phenoxy) is 1. The number of rotatable bonds is 6. The average Bonchev–Trinajstić information content (AvgIpc) is 2.82. The fourth-order valence-electron chi connectivity index (χ4n) is 3.51. The fraction of sp³-hybridized carbons (Fsp3) is 0.261. The number of amides is 2. The molecule has 1 aliphatic rings. The summed E-state index contributed by atoms with van der Waals surface area (Å²) in [6, 6.07) is 13.8. The predicted molar refractivity (Wildman–Crippen MR) is 124 cm³/mol. The smallest absolute Gasteiger partial charge is 0.405 e. The summed E-state index contributed by atoms with van der Waals surface area (Å²) in [5, 5.41) is 2.18. The van der Waals surface area contributed by atoms with Gasteiger partial charge in [-0.1, -0.05) is 0 Å². The van der Waals surface area contributed by atoms with Gasteiger partial charge in [0.2, 0.25) is 5.95 Å². The number of methoxy groups -OCH3 is 1. The molecule has 0 radical (unpaired) electrons. The number of fused-ring (bicyclic) bond motifs is 1. The lowest BCUT2D eigenvalue weighted by atomic mass is 10.1. The first-order valence-corrected chi connectivity index (χ1v) is 10.4. The van der Waals surface area contributed by atoms with E-state index in [-0.39, 0.29) is 18.3 Å². The van der Waals surface area contributed by atoms with Crippen LogP contribution < -0.4 is 24.8 Å². The first-order valence-electron chi connectivity index (χ1n) is 10.4. The molecule has 2 amide bonds. The standard InChI is InChI=1S/C23H23F3N6O2/c1-30(2)16-4-6-18(7-5-16)32-20-15(12-27-21(29-20)28-14-23(24,25)26)13-31(22(32)33)17-8-10-19(34-3)11-9-17/h4-12H,13-14H2,1-3H3,(H,27,28,29). The SMILES string of the molecule is COc1ccc(N2Cc3cnc(NCC(F)(F)F)nc3N(c3ccc(N(C)C)cc3)C2=O)cc1. The van der Waals surface area contributed by atoms with Crippen LogP contribution in [0.5, 0.6) is 5.75 Å². The van der Waals surface area contributed by atoms with E-state index in [1.54, 1.807) is 48.4 Å². The van der Waals surface area contributed by atoms with Crippen molar-refractivity contribution in [1.82, 2.24) is 9.97 Å². The summed E-state index contributed by atoms with van der Waals surface area (Å²) in [5.41, 5.74) is 2.67. The van der Waals surface area contributed by atoms with E-state index in [0.717, 1.165) is 5.69 Å². The van der Waals surface area contributed by atoms with Crippen molar-refractivity contribution in [2.24, 2.45) is 0 Å². The number of hydrogen-bond acceptors (Lipinski definition) is 6. The van der Waals surface area contributed by atoms with E-state index < -0.39 is 18.8 Å². The second-order valence-electron chi connectivity index (χ2n) is 7.82. The highest BCUT2D eigenvalue weighted by molar-refractivity contribution is 6.10. The van der Waals surface area contributed by atoms with E-state index in [9.17, 15) is 18.0 Å². The van der Waals surface area contributed by atoms with Gasteiger partial charge in [-0.3, -0.25) is 4.90 Å². The molecule has 34 heavy (non-hydrogen) atoms. The highest BCUT2D eigenvalue weighted by Gasteiger charge is 2.35. The lowest BCUT2D eigenvalue weighted by Gasteiger charge is -2.36. The molecular formula is C23H23F3N6O2. The van der Waals surface area contributed by atoms with E-state index in [1.807, 2.05) is 31.1 Å². The second kappa shape index (κ2) is 9.08. The summed E-state index contributed by atoms with van der Waals surface area (Å²) >= 11 is 0. The molecule has 0 fully saturated rings. The number of hydrogen-bond donors (Lipinski definition) is 1. The first kappa shape index (κ1) is 23.1. The van der Waals surface area contributed by atoms with Gasteiger partial charge < -0.3 is 15.0 Å². The van der Waals surface area contributed by atoms with Crippen LogP contribution in [-0.4, -0.2) is 49.9 Å². The average molecular weight is 472 g/mol. The third-order valence-corrected chi connectivity index (χ3v) is 5.26. The number of benzene rings is 2. The Labute approximate surface area is 194 Å². The molecule has 0 saturated carbocycles. The Bertz CT molecular complexity index is 1170. The maximum atomic E-state index is 13.6. The van der Waals surface area contributed by atoms with Crippen LogP contribution >= 0.6 is 0 Å². The minimum absolute atomic E-state index is 0.159. The Morgan fingerprint density at radius 3 is 2.29 bits per heavy atom. The molecule has 0 atom stereocenters. The van der Waals surface area contributed by atoms with Crippen molar-refractivity contribution in [2.45, 2.75) is 12.7 Å². The van der Waals surface area contributed by atoms with Crippen molar-refractivity contribution in [3.8, 4) is 5.75 Å². The number of nitrogens with one attached hydrogen (secondary N) is 1. The van der Waals surface area contributed by atoms with Gasteiger partial charge in [0, 0.05) is 37.2 Å². The summed E-state index contributed by atoms with van der Waals surface area (Å²) in [6.07, 6.45) is -2.99. The van der Waals surface area contributed by atoms with Crippen LogP contribution in [0.4, 0.5) is 46.8 Å². The molecule has 0 spiro atoms. The molecule has 1 aromatic heterocycles. The predicted octanol–water partition coefficient (Wildman–Crippen LogP) is 4.80. The zero-order valence-corrected chi connectivity index (χ0v) is 18.8. The van der Waals surface area contributed by atoms with Crippen molar-refractivity contribution < 1.29 is 22.7 Å². The van der Waals surface area contributed by atoms with Crippen LogP contribution in [0.25, 0.3) is 0 Å². The molecule has 1 aliphatic heterocycles. The highest BCUT2D eigenvalue weighted by Crippen LogP contribution is 2.37. The van der Waals surface area contributed by atoms with Gasteiger partial charge in [0.15, 0.2) is 5.82 Å². The van der Waals surface area contributed by atoms with Crippen LogP contribution in [0, 0.1) is 0 Å². The maximum Gasteiger partial charge on any atom is 0.405 e. The number of halogens is 3. The molecule has 2 heterocycles. The minimum Gasteiger partial charge on any atom is -0.497 e. The van der Waals surface area contributed by atoms with Crippen molar-refractivity contribution >= 4 is 34.9 Å². The Kier molecular flexibility index (Phi) is 6.18. The zero-order valence-electron chi connectivity index (χ0n) is 18.8. The number of nitrogens with zero attached hydrogens (tertiary/aromatic N) is 5. The number of carbonyl (C=O) groups is 1. The quantitative estimate of drug-likeness (QED) is 0.556. The number of aromatic nitrogens is 2. The number of urea groups is 1. The number of alkyl halides is 3. The van der Waals surface area contributed by atoms with Crippen LogP contribution in [0.15, 0.2) is 54.7 Å². The largest absolute Gasteiger partial charge is 0.497 e. The summed E-state index contributed by atoms with van der Waals surface area (Å²) < 4.78 is 43.2. The van der Waals surface area contributed by atoms with Gasteiger partial charge in [0.25, 0.3) is 0 Å². The van der Waals surface area contributed by atoms with Crippen molar-refractivity contribution in [1.29, 1.82) is 0 Å². The van der Waals surface area contributed by atoms with Gasteiger partial charge in [0.05, 0.1) is 19.3 Å². The van der Waals surface area contributed by atoms with Crippen LogP contribution in [0.3, 0.4) is 0 Å². The summed E-state index contributed by atoms with van der Waals surface area (Å²) in [7, 11) is 5.35. The van der Waals surface area contributed by atoms with Crippen LogP contribution in [0.2, 0.25) is 0 Å². The molecule has 3 aromatic rings. The number of carbonyl (C=O) groups excluding carboxylic acids is 1. The van der Waals surface area contributed by atoms with Gasteiger partial charge in [-0.05, 0) is 48.5 Å². The van der Waals surface area contributed by atoms with Gasteiger partial charge in [-0.2, -0.15) is 18.2 Å². The summed E-state index contributed by atoms with van der Waals surface area (Å²) in [4.78, 5) is 26.8. The molecule has 1 N–H and O–H groups in total. The van der Waals surface area contributed by atoms with Gasteiger partial charge >= 0.3 is 12.2 Å². The highest BCUT2D eigenvalue weighted by atomic mass is 19.4. The molecule has 4 rings (SSSR count). The molecule has 0 unspecified atom stereocenters. The van der Waals surface area contributed by atoms with E-state index in [2.05, 4.69) is 15.3 Å². The van der Waals surface area contributed by atoms with E-state index in [1.165, 1.54) is 11.1 Å². The van der Waals surface area contributed by atoms with E-state index >= 15 is 0 Å². The van der Waals surface area contributed by atoms with Crippen molar-refractivity contribution in [2.75, 3.05) is 47.8 Å². The molecule has 0 bridgehead atoms. The molecule has 178 valence electrons. The fourth-order valence-corrected chi connectivity index (χ4v) is 3.51. The maximum absolute atomic E-state index is 13.6. The van der Waals surface area contributed by atoms with Crippen molar-refractivity contribution in [3.05, 3.63) is 60.3 Å². The zero-order chi connectivity index (χ0) is 24.5. The normalized spacial score (nSPS) is 13.5. The van der Waals surface area contributed by atoms with Crippen LogP contribution in [0.1, 0.15) is 5.56 Å². The van der Waals surface area contributed by atoms with E-state index in [0.29, 0.717) is 22.7 Å². The molecule has 0 aliphatic carbocycles. The lowest BCUT2D eigenvalue weighted by molar-refractivity contribution is -0.115. The second-order valence-corrected chi connectivity index (χ2v) is 7.82. The summed E-state index contributed by atoms with van der Waals surface area (Å²) in [5.74, 6) is 0.664. The van der Waals surface area contributed by atoms with Gasteiger partial charge in [-0.25, -0.2) is 14.7 Å². The molecule has 0 saturated heterocycles. The Morgan fingerprint density at radius 2 is 1.71 bits per heavy atom. The summed E-state index contributed by atoms with van der Waals surface area (Å²) in [6.45, 7) is -1.12. The Balaban J connectivity index is 1.75. The van der Waals surface area contributed by atoms with E-state index in [4.69, 9.17) is 4.74 Å². The Hall–Kier alpha value is -4.02. The molecule has 11 heteroatoms. The topological polar surface area (TPSA) is 73.8 Å². The van der Waals surface area contributed by atoms with Crippen LogP contribution in [-0.2, 0) is 6.54 Å². The Morgan fingerprint density at radius 1 is 1.06 bits per heavy atom. The first-order chi connectivity index (χ1) is 16.2. The monoisotopic (exact) mass is 472 g/mol. The lowest BCUT2D eigenvalue weighted by Crippen LogP contribution is -2.45. The molecular weight excluding hydrogens is 449 g/mol. The minimum atomic E-state index is -4.43. The third kappa shape index (κ3) is 4.82. The number of anilines is 5. The molecule has 8 nitrogen and oxygen atoms in total. The third-order valence-electron chi connectivity index (χ3n) is 5.26. The van der Waals surface area contributed by atoms with Gasteiger partial charge in [0.1, 0.15) is 12.3 Å².